The molecule has 3 nitrogen and oxygen atoms in total. The number of benzene rings is 1. The molecule has 0 bridgehead atoms. The number of pyridine rings is 1. The molecular weight excluding hydrogens is 270 g/mol. The van der Waals surface area contributed by atoms with E-state index in [-0.39, 0.29) is 0 Å². The first-order valence-electron chi connectivity index (χ1n) is 8.17. The van der Waals surface area contributed by atoms with Gasteiger partial charge in [0.15, 0.2) is 0 Å². The third-order valence-corrected chi connectivity index (χ3v) is 4.60. The summed E-state index contributed by atoms with van der Waals surface area (Å²) >= 11 is 0. The highest BCUT2D eigenvalue weighted by Gasteiger charge is 2.22. The van der Waals surface area contributed by atoms with E-state index >= 15 is 0 Å². The molecule has 0 saturated carbocycles. The molecule has 1 saturated heterocycles. The first-order valence-corrected chi connectivity index (χ1v) is 8.17. The summed E-state index contributed by atoms with van der Waals surface area (Å²) in [6.45, 7) is 7.47. The Hall–Kier alpha value is -1.87. The predicted molar refractivity (Wildman–Crippen MR) is 92.2 cm³/mol. The van der Waals surface area contributed by atoms with E-state index in [9.17, 15) is 0 Å². The zero-order chi connectivity index (χ0) is 15.4. The standard InChI is InChI=1S/C19H25N3/c1-15-3-5-18(6-4-15)22(19-8-11-20-12-9-19)14-17-13-21-10-7-16(17)2/h3-7,10,13,19-20H,8-9,11-12,14H2,1-2H3. The highest BCUT2D eigenvalue weighted by atomic mass is 15.2. The molecule has 3 rings (SSSR count). The van der Waals surface area contributed by atoms with Crippen molar-refractivity contribution in [3.05, 3.63) is 59.4 Å². The zero-order valence-corrected chi connectivity index (χ0v) is 13.5. The molecule has 0 radical (unpaired) electrons. The van der Waals surface area contributed by atoms with Gasteiger partial charge in [-0.15, -0.1) is 0 Å². The number of aromatic nitrogens is 1. The van der Waals surface area contributed by atoms with Crippen molar-refractivity contribution >= 4 is 5.69 Å². The van der Waals surface area contributed by atoms with Gasteiger partial charge in [0.25, 0.3) is 0 Å². The number of hydrogen-bond donors (Lipinski definition) is 1. The fourth-order valence-corrected chi connectivity index (χ4v) is 3.13. The normalized spacial score (nSPS) is 15.7. The van der Waals surface area contributed by atoms with Crippen molar-refractivity contribution in [2.24, 2.45) is 0 Å². The minimum absolute atomic E-state index is 0.601. The molecule has 1 aliphatic heterocycles. The van der Waals surface area contributed by atoms with Crippen molar-refractivity contribution in [2.75, 3.05) is 18.0 Å². The van der Waals surface area contributed by atoms with Crippen LogP contribution in [0.4, 0.5) is 5.69 Å². The van der Waals surface area contributed by atoms with Crippen LogP contribution in [-0.4, -0.2) is 24.1 Å². The monoisotopic (exact) mass is 295 g/mol. The average molecular weight is 295 g/mol. The van der Waals surface area contributed by atoms with Gasteiger partial charge in [0.2, 0.25) is 0 Å². The summed E-state index contributed by atoms with van der Waals surface area (Å²) in [6.07, 6.45) is 6.29. The molecule has 22 heavy (non-hydrogen) atoms. The summed E-state index contributed by atoms with van der Waals surface area (Å²) < 4.78 is 0. The average Bonchev–Trinajstić information content (AvgIpc) is 2.56. The van der Waals surface area contributed by atoms with Gasteiger partial charge in [-0.3, -0.25) is 4.98 Å². The first kappa shape index (κ1) is 15.0. The van der Waals surface area contributed by atoms with E-state index < -0.39 is 0 Å². The van der Waals surface area contributed by atoms with Crippen LogP contribution in [0.25, 0.3) is 0 Å². The minimum atomic E-state index is 0.601. The van der Waals surface area contributed by atoms with Crippen molar-refractivity contribution in [3.8, 4) is 0 Å². The highest BCUT2D eigenvalue weighted by molar-refractivity contribution is 5.49. The first-order chi connectivity index (χ1) is 10.7. The Morgan fingerprint density at radius 1 is 1.09 bits per heavy atom. The Bertz CT molecular complexity index is 600. The molecular formula is C19H25N3. The third-order valence-electron chi connectivity index (χ3n) is 4.60. The lowest BCUT2D eigenvalue weighted by Crippen LogP contribution is -2.43. The second kappa shape index (κ2) is 6.93. The Balaban J connectivity index is 1.88. The van der Waals surface area contributed by atoms with E-state index in [0.717, 1.165) is 19.6 Å². The molecule has 1 N–H and O–H groups in total. The van der Waals surface area contributed by atoms with Gasteiger partial charge in [-0.05, 0) is 69.1 Å². The molecule has 1 fully saturated rings. The van der Waals surface area contributed by atoms with E-state index in [1.807, 2.05) is 12.4 Å². The van der Waals surface area contributed by atoms with Crippen LogP contribution in [0, 0.1) is 13.8 Å². The number of anilines is 1. The molecule has 1 aromatic heterocycles. The van der Waals surface area contributed by atoms with Crippen LogP contribution < -0.4 is 10.2 Å². The van der Waals surface area contributed by atoms with E-state index in [0.29, 0.717) is 6.04 Å². The quantitative estimate of drug-likeness (QED) is 0.936. The van der Waals surface area contributed by atoms with Crippen molar-refractivity contribution in [1.29, 1.82) is 0 Å². The summed E-state index contributed by atoms with van der Waals surface area (Å²) in [5.74, 6) is 0. The van der Waals surface area contributed by atoms with Crippen LogP contribution in [0.3, 0.4) is 0 Å². The molecule has 3 heteroatoms. The van der Waals surface area contributed by atoms with Gasteiger partial charge in [-0.1, -0.05) is 17.7 Å². The van der Waals surface area contributed by atoms with Crippen molar-refractivity contribution in [3.63, 3.8) is 0 Å². The molecule has 2 heterocycles. The second-order valence-electron chi connectivity index (χ2n) is 6.25. The van der Waals surface area contributed by atoms with Gasteiger partial charge >= 0.3 is 0 Å². The predicted octanol–water partition coefficient (Wildman–Crippen LogP) is 3.46. The zero-order valence-electron chi connectivity index (χ0n) is 13.5. The maximum Gasteiger partial charge on any atom is 0.0450 e. The number of piperidine rings is 1. The van der Waals surface area contributed by atoms with Crippen LogP contribution in [0.1, 0.15) is 29.5 Å². The van der Waals surface area contributed by atoms with Gasteiger partial charge in [0.05, 0.1) is 0 Å². The highest BCUT2D eigenvalue weighted by Crippen LogP contribution is 2.25. The SMILES string of the molecule is Cc1ccc(N(Cc2cnccc2C)C2CCNCC2)cc1. The molecule has 1 aliphatic rings. The van der Waals surface area contributed by atoms with Crippen LogP contribution >= 0.6 is 0 Å². The molecule has 116 valence electrons. The van der Waals surface area contributed by atoms with Crippen molar-refractivity contribution in [1.82, 2.24) is 10.3 Å². The lowest BCUT2D eigenvalue weighted by molar-refractivity contribution is 0.428. The number of rotatable bonds is 4. The second-order valence-corrected chi connectivity index (χ2v) is 6.25. The van der Waals surface area contributed by atoms with Crippen LogP contribution in [-0.2, 0) is 6.54 Å². The van der Waals surface area contributed by atoms with Crippen molar-refractivity contribution in [2.45, 2.75) is 39.3 Å². The summed E-state index contributed by atoms with van der Waals surface area (Å²) in [5, 5.41) is 3.47. The Kier molecular flexibility index (Phi) is 4.74. The fraction of sp³-hybridized carbons (Fsp3) is 0.421. The molecule has 0 atom stereocenters. The molecule has 2 aromatic rings. The number of aryl methyl sites for hydroxylation is 2. The molecule has 0 spiro atoms. The van der Waals surface area contributed by atoms with Crippen LogP contribution in [0.5, 0.6) is 0 Å². The number of hydrogen-bond acceptors (Lipinski definition) is 3. The Morgan fingerprint density at radius 2 is 1.82 bits per heavy atom. The smallest absolute Gasteiger partial charge is 0.0450 e. The summed E-state index contributed by atoms with van der Waals surface area (Å²) in [4.78, 5) is 6.87. The van der Waals surface area contributed by atoms with E-state index in [4.69, 9.17) is 0 Å². The Morgan fingerprint density at radius 3 is 2.50 bits per heavy atom. The van der Waals surface area contributed by atoms with E-state index in [2.05, 4.69) is 59.4 Å². The summed E-state index contributed by atoms with van der Waals surface area (Å²) in [6, 6.07) is 11.6. The fourth-order valence-electron chi connectivity index (χ4n) is 3.13. The molecule has 0 unspecified atom stereocenters. The minimum Gasteiger partial charge on any atom is -0.364 e. The van der Waals surface area contributed by atoms with Gasteiger partial charge in [0, 0.05) is 30.7 Å². The van der Waals surface area contributed by atoms with E-state index in [1.165, 1.54) is 35.2 Å². The summed E-state index contributed by atoms with van der Waals surface area (Å²) in [7, 11) is 0. The van der Waals surface area contributed by atoms with Gasteiger partial charge in [-0.25, -0.2) is 0 Å². The van der Waals surface area contributed by atoms with Crippen molar-refractivity contribution < 1.29 is 0 Å². The third kappa shape index (κ3) is 3.47. The van der Waals surface area contributed by atoms with Crippen LogP contribution in [0.2, 0.25) is 0 Å². The largest absolute Gasteiger partial charge is 0.364 e. The van der Waals surface area contributed by atoms with E-state index in [1.54, 1.807) is 0 Å². The summed E-state index contributed by atoms with van der Waals surface area (Å²) in [5.41, 5.74) is 5.27. The lowest BCUT2D eigenvalue weighted by Gasteiger charge is -2.37. The van der Waals surface area contributed by atoms with Crippen LogP contribution in [0.15, 0.2) is 42.7 Å². The number of nitrogens with zero attached hydrogens (tertiary/aromatic N) is 2. The topological polar surface area (TPSA) is 28.2 Å². The van der Waals surface area contributed by atoms with Gasteiger partial charge < -0.3 is 10.2 Å². The lowest BCUT2D eigenvalue weighted by atomic mass is 10.0. The molecule has 1 aromatic carbocycles. The molecule has 0 aliphatic carbocycles. The van der Waals surface area contributed by atoms with Gasteiger partial charge in [0.1, 0.15) is 0 Å². The molecule has 0 amide bonds. The Labute approximate surface area is 133 Å². The maximum atomic E-state index is 4.31. The van der Waals surface area contributed by atoms with Gasteiger partial charge in [-0.2, -0.15) is 0 Å². The number of nitrogens with one attached hydrogen (secondary N) is 1. The maximum absolute atomic E-state index is 4.31.